The van der Waals surface area contributed by atoms with Crippen molar-refractivity contribution in [3.05, 3.63) is 67.9 Å². The van der Waals surface area contributed by atoms with E-state index in [0.717, 1.165) is 35.6 Å². The molecule has 3 rings (SSSR count). The lowest BCUT2D eigenvalue weighted by Crippen LogP contribution is -2.59. The van der Waals surface area contributed by atoms with Gasteiger partial charge in [0.05, 0.1) is 18.8 Å². The largest absolute Gasteiger partial charge is 0.464 e. The fourth-order valence-corrected chi connectivity index (χ4v) is 5.00. The molecule has 33 heavy (non-hydrogen) atoms. The summed E-state index contributed by atoms with van der Waals surface area (Å²) in [6.07, 6.45) is -4.59. The zero-order valence-electron chi connectivity index (χ0n) is 17.6. The number of rotatable bonds is 7. The van der Waals surface area contributed by atoms with Gasteiger partial charge < -0.3 is 9.47 Å². The second-order valence-corrected chi connectivity index (χ2v) is 8.24. The Morgan fingerprint density at radius 3 is 2.12 bits per heavy atom. The molecule has 1 aromatic carbocycles. The number of thiophene rings is 1. The van der Waals surface area contributed by atoms with E-state index >= 15 is 0 Å². The van der Waals surface area contributed by atoms with E-state index < -0.39 is 52.1 Å². The molecular weight excluding hydrogens is 465 g/mol. The number of carbonyl (C=O) groups is 2. The van der Waals surface area contributed by atoms with Crippen molar-refractivity contribution in [2.75, 3.05) is 13.2 Å². The van der Waals surface area contributed by atoms with Crippen LogP contribution in [0.2, 0.25) is 0 Å². The van der Waals surface area contributed by atoms with Gasteiger partial charge in [-0.1, -0.05) is 18.2 Å². The molecule has 3 atom stereocenters. The number of nitro groups is 1. The van der Waals surface area contributed by atoms with Crippen molar-refractivity contribution in [3.8, 4) is 0 Å². The summed E-state index contributed by atoms with van der Waals surface area (Å²) in [5.41, 5.74) is -3.08. The van der Waals surface area contributed by atoms with Crippen molar-refractivity contribution < 1.29 is 37.2 Å². The number of hydrogen-bond donors (Lipinski definition) is 1. The van der Waals surface area contributed by atoms with Crippen LogP contribution in [0.15, 0.2) is 41.8 Å². The quantitative estimate of drug-likeness (QED) is 0.275. The fraction of sp³-hybridized carbons (Fsp3) is 0.429. The molecule has 178 valence electrons. The second kappa shape index (κ2) is 9.48. The van der Waals surface area contributed by atoms with Crippen LogP contribution in [0.5, 0.6) is 0 Å². The predicted molar refractivity (Wildman–Crippen MR) is 111 cm³/mol. The van der Waals surface area contributed by atoms with Gasteiger partial charge in [0, 0.05) is 9.80 Å². The lowest BCUT2D eigenvalue weighted by molar-refractivity contribution is -0.527. The van der Waals surface area contributed by atoms with Gasteiger partial charge in [0.2, 0.25) is 11.6 Å². The Labute approximate surface area is 190 Å². The van der Waals surface area contributed by atoms with E-state index in [4.69, 9.17) is 9.47 Å². The first-order chi connectivity index (χ1) is 15.6. The summed E-state index contributed by atoms with van der Waals surface area (Å²) < 4.78 is 49.3. The topological polar surface area (TPSA) is 108 Å². The molecule has 1 fully saturated rings. The van der Waals surface area contributed by atoms with Gasteiger partial charge in [-0.25, -0.2) is 9.59 Å². The number of alkyl halides is 3. The van der Waals surface area contributed by atoms with Gasteiger partial charge >= 0.3 is 18.1 Å². The van der Waals surface area contributed by atoms with E-state index in [2.05, 4.69) is 5.32 Å². The molecule has 1 aliphatic heterocycles. The Kier molecular flexibility index (Phi) is 7.08. The zero-order chi connectivity index (χ0) is 24.4. The third-order valence-corrected chi connectivity index (χ3v) is 6.37. The normalized spacial score (nSPS) is 22.0. The molecule has 1 saturated heterocycles. The molecule has 1 aliphatic rings. The molecule has 12 heteroatoms. The van der Waals surface area contributed by atoms with Crippen LogP contribution < -0.4 is 5.32 Å². The maximum Gasteiger partial charge on any atom is 0.416 e. The fourth-order valence-electron chi connectivity index (χ4n) is 4.07. The highest BCUT2D eigenvalue weighted by molar-refractivity contribution is 7.10. The maximum absolute atomic E-state index is 13.2. The molecule has 1 N–H and O–H groups in total. The third-order valence-electron chi connectivity index (χ3n) is 5.42. The lowest BCUT2D eigenvalue weighted by atomic mass is 9.80. The van der Waals surface area contributed by atoms with Crippen molar-refractivity contribution in [2.24, 2.45) is 0 Å². The van der Waals surface area contributed by atoms with Crippen LogP contribution in [-0.2, 0) is 25.2 Å². The average Bonchev–Trinajstić information content (AvgIpc) is 3.40. The highest BCUT2D eigenvalue weighted by atomic mass is 32.1. The lowest BCUT2D eigenvalue weighted by Gasteiger charge is -2.29. The number of ether oxygens (including phenoxy) is 2. The standard InChI is InChI=1S/C21H21F3N2O6S/c1-3-31-18(27)20(19(28)32-4-2)15(14-6-5-11-33-14)17(26(29)30)16(25-20)12-7-9-13(10-8-12)21(22,23)24/h5-11,15-17,25H,3-4H2,1-2H3/t15-,16-,17-/m1/s1. The van der Waals surface area contributed by atoms with E-state index in [1.165, 1.54) is 13.8 Å². The number of halogens is 3. The first kappa shape index (κ1) is 24.6. The van der Waals surface area contributed by atoms with Gasteiger partial charge in [-0.15, -0.1) is 11.3 Å². The van der Waals surface area contributed by atoms with Crippen LogP contribution >= 0.6 is 11.3 Å². The molecule has 0 spiro atoms. The van der Waals surface area contributed by atoms with Gasteiger partial charge in [-0.2, -0.15) is 13.2 Å². The molecule has 0 saturated carbocycles. The Hall–Kier alpha value is -2.99. The summed E-state index contributed by atoms with van der Waals surface area (Å²) in [4.78, 5) is 38.3. The Bertz CT molecular complexity index is 992. The molecule has 0 unspecified atom stereocenters. The summed E-state index contributed by atoms with van der Waals surface area (Å²) >= 11 is 1.11. The monoisotopic (exact) mass is 486 g/mol. The highest BCUT2D eigenvalue weighted by Crippen LogP contribution is 2.48. The van der Waals surface area contributed by atoms with Gasteiger partial charge in [0.25, 0.3) is 0 Å². The SMILES string of the molecule is CCOC(=O)C1(C(=O)OCC)N[C@H](c2ccc(C(F)(F)F)cc2)[C@H]([N+](=O)[O-])[C@H]1c1cccs1. The van der Waals surface area contributed by atoms with Crippen LogP contribution in [0.4, 0.5) is 13.2 Å². The van der Waals surface area contributed by atoms with Crippen molar-refractivity contribution >= 4 is 23.3 Å². The van der Waals surface area contributed by atoms with E-state index in [1.54, 1.807) is 17.5 Å². The molecule has 0 aliphatic carbocycles. The molecular formula is C21H21F3N2O6S. The van der Waals surface area contributed by atoms with Crippen LogP contribution in [0.25, 0.3) is 0 Å². The molecule has 2 heterocycles. The summed E-state index contributed by atoms with van der Waals surface area (Å²) in [5.74, 6) is -3.43. The number of nitrogens with zero attached hydrogens (tertiary/aromatic N) is 1. The number of hydrogen-bond acceptors (Lipinski definition) is 8. The van der Waals surface area contributed by atoms with E-state index in [1.807, 2.05) is 0 Å². The van der Waals surface area contributed by atoms with Gasteiger partial charge in [-0.05, 0) is 43.0 Å². The number of benzene rings is 1. The minimum Gasteiger partial charge on any atom is -0.464 e. The Balaban J connectivity index is 2.21. The van der Waals surface area contributed by atoms with Crippen LogP contribution in [-0.4, -0.2) is 41.7 Å². The van der Waals surface area contributed by atoms with Crippen LogP contribution in [0, 0.1) is 10.1 Å². The molecule has 0 radical (unpaired) electrons. The third kappa shape index (κ3) is 4.44. The molecule has 0 bridgehead atoms. The van der Waals surface area contributed by atoms with Crippen LogP contribution in [0.3, 0.4) is 0 Å². The highest BCUT2D eigenvalue weighted by Gasteiger charge is 2.69. The summed E-state index contributed by atoms with van der Waals surface area (Å²) in [6, 6.07) is 4.09. The first-order valence-corrected chi connectivity index (χ1v) is 10.9. The minimum atomic E-state index is -4.59. The summed E-state index contributed by atoms with van der Waals surface area (Å²) in [5, 5.41) is 16.6. The summed E-state index contributed by atoms with van der Waals surface area (Å²) in [7, 11) is 0. The molecule has 2 aromatic rings. The Morgan fingerprint density at radius 1 is 1.12 bits per heavy atom. The Morgan fingerprint density at radius 2 is 1.70 bits per heavy atom. The first-order valence-electron chi connectivity index (χ1n) is 10.0. The maximum atomic E-state index is 13.2. The van der Waals surface area contributed by atoms with Crippen molar-refractivity contribution in [2.45, 2.75) is 43.6 Å². The van der Waals surface area contributed by atoms with Gasteiger partial charge in [0.15, 0.2) is 0 Å². The second-order valence-electron chi connectivity index (χ2n) is 7.26. The predicted octanol–water partition coefficient (Wildman–Crippen LogP) is 3.71. The minimum absolute atomic E-state index is 0.104. The number of carbonyl (C=O) groups excluding carboxylic acids is 2. The van der Waals surface area contributed by atoms with E-state index in [-0.39, 0.29) is 18.8 Å². The molecule has 1 aromatic heterocycles. The molecule has 8 nitrogen and oxygen atoms in total. The van der Waals surface area contributed by atoms with E-state index in [9.17, 15) is 32.9 Å². The number of esters is 2. The number of nitrogens with one attached hydrogen (secondary N) is 1. The summed E-state index contributed by atoms with van der Waals surface area (Å²) in [6.45, 7) is 2.83. The van der Waals surface area contributed by atoms with Crippen LogP contribution in [0.1, 0.15) is 41.8 Å². The van der Waals surface area contributed by atoms with Crippen molar-refractivity contribution in [3.63, 3.8) is 0 Å². The average molecular weight is 486 g/mol. The molecule has 0 amide bonds. The van der Waals surface area contributed by atoms with E-state index in [0.29, 0.717) is 4.88 Å². The zero-order valence-corrected chi connectivity index (χ0v) is 18.4. The van der Waals surface area contributed by atoms with Crippen molar-refractivity contribution in [1.29, 1.82) is 0 Å². The van der Waals surface area contributed by atoms with Crippen molar-refractivity contribution in [1.82, 2.24) is 5.32 Å². The smallest absolute Gasteiger partial charge is 0.416 e. The van der Waals surface area contributed by atoms with Gasteiger partial charge in [0.1, 0.15) is 12.0 Å². The van der Waals surface area contributed by atoms with Gasteiger partial charge in [-0.3, -0.25) is 15.4 Å².